The molecule has 3 aromatic carbocycles. The molecule has 0 aromatic heterocycles. The molecular formula is C25H23ClN2O3. The van der Waals surface area contributed by atoms with Crippen LogP contribution >= 0.6 is 11.6 Å². The number of aliphatic hydroxyl groups excluding tert-OH is 1. The van der Waals surface area contributed by atoms with E-state index < -0.39 is 0 Å². The van der Waals surface area contributed by atoms with Crippen molar-refractivity contribution in [1.82, 2.24) is 5.32 Å². The second-order valence-corrected chi connectivity index (χ2v) is 8.47. The number of aliphatic hydroxyl groups is 1. The monoisotopic (exact) mass is 434 g/mol. The lowest BCUT2D eigenvalue weighted by atomic mass is 9.93. The van der Waals surface area contributed by atoms with E-state index in [1.807, 2.05) is 66.7 Å². The number of amides is 2. The highest BCUT2D eigenvalue weighted by Crippen LogP contribution is 2.42. The van der Waals surface area contributed by atoms with Gasteiger partial charge in [0.25, 0.3) is 0 Å². The van der Waals surface area contributed by atoms with E-state index in [0.717, 1.165) is 33.7 Å². The summed E-state index contributed by atoms with van der Waals surface area (Å²) in [7, 11) is 0. The molecular weight excluding hydrogens is 412 g/mol. The van der Waals surface area contributed by atoms with E-state index in [1.165, 1.54) is 0 Å². The molecule has 3 atom stereocenters. The number of anilines is 1. The Kier molecular flexibility index (Phi) is 5.30. The lowest BCUT2D eigenvalue weighted by Gasteiger charge is -2.33. The number of hydrogen-bond donors (Lipinski definition) is 3. The molecule has 0 saturated carbocycles. The first kappa shape index (κ1) is 19.9. The molecule has 0 saturated heterocycles. The molecule has 0 radical (unpaired) electrons. The number of benzene rings is 3. The van der Waals surface area contributed by atoms with E-state index in [1.54, 1.807) is 0 Å². The maximum absolute atomic E-state index is 12.9. The van der Waals surface area contributed by atoms with Crippen molar-refractivity contribution < 1.29 is 14.6 Å². The average Bonchev–Trinajstić information content (AvgIpc) is 3.15. The zero-order valence-corrected chi connectivity index (χ0v) is 17.6. The second kappa shape index (κ2) is 8.25. The fourth-order valence-electron chi connectivity index (χ4n) is 4.54. The van der Waals surface area contributed by atoms with Gasteiger partial charge in [-0.15, -0.1) is 0 Å². The number of fused-ring (bicyclic) bond motifs is 2. The van der Waals surface area contributed by atoms with Gasteiger partial charge in [0.1, 0.15) is 11.9 Å². The molecule has 0 spiro atoms. The van der Waals surface area contributed by atoms with Crippen LogP contribution in [0.15, 0.2) is 66.7 Å². The normalized spacial score (nSPS) is 21.5. The minimum Gasteiger partial charge on any atom is -0.485 e. The van der Waals surface area contributed by atoms with E-state index in [2.05, 4.69) is 10.6 Å². The second-order valence-electron chi connectivity index (χ2n) is 8.06. The summed E-state index contributed by atoms with van der Waals surface area (Å²) in [5, 5.41) is 16.7. The highest BCUT2D eigenvalue weighted by Gasteiger charge is 2.31. The van der Waals surface area contributed by atoms with E-state index in [9.17, 15) is 9.90 Å². The first-order valence-corrected chi connectivity index (χ1v) is 10.8. The van der Waals surface area contributed by atoms with Crippen LogP contribution in [0.25, 0.3) is 0 Å². The molecule has 6 heteroatoms. The molecule has 1 aliphatic heterocycles. The average molecular weight is 435 g/mol. The van der Waals surface area contributed by atoms with Gasteiger partial charge in [0.05, 0.1) is 12.1 Å². The van der Waals surface area contributed by atoms with Crippen LogP contribution < -0.4 is 15.4 Å². The lowest BCUT2D eigenvalue weighted by Crippen LogP contribution is -2.36. The maximum atomic E-state index is 12.9. The van der Waals surface area contributed by atoms with Crippen molar-refractivity contribution >= 4 is 23.3 Å². The number of carbonyl (C=O) groups excluding carboxylic acids is 1. The first-order valence-electron chi connectivity index (χ1n) is 10.4. The van der Waals surface area contributed by atoms with Crippen molar-refractivity contribution in [2.24, 2.45) is 0 Å². The number of carbonyl (C=O) groups is 1. The quantitative estimate of drug-likeness (QED) is 0.531. The van der Waals surface area contributed by atoms with Gasteiger partial charge in [-0.1, -0.05) is 60.1 Å². The van der Waals surface area contributed by atoms with Gasteiger partial charge >= 0.3 is 6.03 Å². The summed E-state index contributed by atoms with van der Waals surface area (Å²) in [6.45, 7) is 0. The van der Waals surface area contributed by atoms with Crippen molar-refractivity contribution in [2.45, 2.75) is 37.5 Å². The van der Waals surface area contributed by atoms with E-state index in [4.69, 9.17) is 16.3 Å². The molecule has 3 N–H and O–H groups in total. The Morgan fingerprint density at radius 2 is 1.74 bits per heavy atom. The fraction of sp³-hybridized carbons (Fsp3) is 0.240. The minimum absolute atomic E-state index is 0.228. The molecule has 3 aromatic rings. The Bertz CT molecular complexity index is 1130. The smallest absolute Gasteiger partial charge is 0.319 e. The minimum atomic E-state index is -0.389. The molecule has 5 nitrogen and oxygen atoms in total. The number of hydrogen-bond acceptors (Lipinski definition) is 3. The predicted octanol–water partition coefficient (Wildman–Crippen LogP) is 5.19. The third-order valence-electron chi connectivity index (χ3n) is 5.99. The summed E-state index contributed by atoms with van der Waals surface area (Å²) in [5.74, 6) is 0.743. The topological polar surface area (TPSA) is 70.6 Å². The van der Waals surface area contributed by atoms with Crippen LogP contribution in [0.4, 0.5) is 10.5 Å². The van der Waals surface area contributed by atoms with Crippen LogP contribution in [-0.2, 0) is 12.8 Å². The van der Waals surface area contributed by atoms with Gasteiger partial charge in [-0.05, 0) is 35.7 Å². The zero-order chi connectivity index (χ0) is 21.4. The fourth-order valence-corrected chi connectivity index (χ4v) is 4.80. The molecule has 31 heavy (non-hydrogen) atoms. The summed E-state index contributed by atoms with van der Waals surface area (Å²) < 4.78 is 6.22. The van der Waals surface area contributed by atoms with Gasteiger partial charge in [-0.3, -0.25) is 0 Å². The van der Waals surface area contributed by atoms with E-state index in [0.29, 0.717) is 24.3 Å². The van der Waals surface area contributed by atoms with Gasteiger partial charge < -0.3 is 20.5 Å². The summed E-state index contributed by atoms with van der Waals surface area (Å²) in [4.78, 5) is 12.9. The van der Waals surface area contributed by atoms with Gasteiger partial charge in [0.2, 0.25) is 0 Å². The van der Waals surface area contributed by atoms with Crippen LogP contribution in [0.3, 0.4) is 0 Å². The Labute approximate surface area is 186 Å². The molecule has 2 aliphatic rings. The van der Waals surface area contributed by atoms with Crippen molar-refractivity contribution in [3.8, 4) is 5.75 Å². The third kappa shape index (κ3) is 3.99. The predicted molar refractivity (Wildman–Crippen MR) is 121 cm³/mol. The zero-order valence-electron chi connectivity index (χ0n) is 16.8. The number of para-hydroxylation sites is 1. The van der Waals surface area contributed by atoms with Crippen molar-refractivity contribution in [1.29, 1.82) is 0 Å². The Balaban J connectivity index is 1.37. The Morgan fingerprint density at radius 1 is 0.968 bits per heavy atom. The van der Waals surface area contributed by atoms with Gasteiger partial charge in [-0.2, -0.15) is 0 Å². The third-order valence-corrected chi connectivity index (χ3v) is 6.33. The molecule has 0 fully saturated rings. The first-order chi connectivity index (χ1) is 15.1. The molecule has 1 heterocycles. The maximum Gasteiger partial charge on any atom is 0.319 e. The van der Waals surface area contributed by atoms with Crippen LogP contribution in [0.2, 0.25) is 5.02 Å². The molecule has 3 unspecified atom stereocenters. The molecule has 2 amide bonds. The summed E-state index contributed by atoms with van der Waals surface area (Å²) in [5.41, 5.74) is 4.68. The molecule has 5 rings (SSSR count). The van der Waals surface area contributed by atoms with Gasteiger partial charge in [-0.25, -0.2) is 4.79 Å². The highest BCUT2D eigenvalue weighted by atomic mass is 35.5. The summed E-state index contributed by atoms with van der Waals surface area (Å²) >= 11 is 6.41. The number of rotatable bonds is 3. The van der Waals surface area contributed by atoms with E-state index >= 15 is 0 Å². The Hall–Kier alpha value is -3.02. The molecule has 158 valence electrons. The number of ether oxygens (including phenoxy) is 1. The SMILES string of the molecule is O=C(Nc1cccc2c1CC(O)C2)NC1CC(c2ccccc2Cl)Oc2ccccc21. The standard InChI is InChI=1S/C25H23ClN2O3/c26-20-9-3-1-7-17(20)24-14-22(18-8-2-4-11-23(18)31-24)28-25(30)27-21-10-5-6-15-12-16(29)13-19(15)21/h1-11,16,22,24,29H,12-14H2,(H2,27,28,30). The number of urea groups is 1. The highest BCUT2D eigenvalue weighted by molar-refractivity contribution is 6.31. The van der Waals surface area contributed by atoms with Crippen molar-refractivity contribution in [2.75, 3.05) is 5.32 Å². The van der Waals surface area contributed by atoms with Crippen LogP contribution in [0.1, 0.15) is 40.8 Å². The van der Waals surface area contributed by atoms with Crippen molar-refractivity contribution in [3.05, 3.63) is 94.0 Å². The van der Waals surface area contributed by atoms with Crippen LogP contribution in [-0.4, -0.2) is 17.2 Å². The largest absolute Gasteiger partial charge is 0.485 e. The summed E-state index contributed by atoms with van der Waals surface area (Å²) in [6.07, 6.45) is 1.10. The van der Waals surface area contributed by atoms with Crippen LogP contribution in [0.5, 0.6) is 5.75 Å². The lowest BCUT2D eigenvalue weighted by molar-refractivity contribution is 0.153. The Morgan fingerprint density at radius 3 is 2.58 bits per heavy atom. The van der Waals surface area contributed by atoms with Crippen molar-refractivity contribution in [3.63, 3.8) is 0 Å². The van der Waals surface area contributed by atoms with Gasteiger partial charge in [0.15, 0.2) is 0 Å². The van der Waals surface area contributed by atoms with E-state index in [-0.39, 0.29) is 24.3 Å². The molecule has 1 aliphatic carbocycles. The van der Waals surface area contributed by atoms with Crippen LogP contribution in [0, 0.1) is 0 Å². The number of nitrogens with one attached hydrogen (secondary N) is 2. The molecule has 0 bridgehead atoms. The van der Waals surface area contributed by atoms with Gasteiger partial charge in [0, 0.05) is 34.7 Å². The summed E-state index contributed by atoms with van der Waals surface area (Å²) in [6, 6.07) is 20.6. The number of halogens is 1.